The van der Waals surface area contributed by atoms with Crippen molar-refractivity contribution in [3.8, 4) is 0 Å². The molecular formula is C9H20N2. The summed E-state index contributed by atoms with van der Waals surface area (Å²) in [6.45, 7) is 10.0. The summed E-state index contributed by atoms with van der Waals surface area (Å²) < 4.78 is 0. The number of hydrogen-bond donors (Lipinski definition) is 1. The fraction of sp³-hybridized carbons (Fsp3) is 0.667. The van der Waals surface area contributed by atoms with Crippen molar-refractivity contribution in [3.05, 3.63) is 12.3 Å². The van der Waals surface area contributed by atoms with E-state index in [2.05, 4.69) is 10.3 Å². The Kier molecular flexibility index (Phi) is 13.9. The van der Waals surface area contributed by atoms with Gasteiger partial charge in [0.1, 0.15) is 6.17 Å². The van der Waals surface area contributed by atoms with Gasteiger partial charge >= 0.3 is 0 Å². The number of nitrogens with zero attached hydrogens (tertiary/aromatic N) is 1. The predicted molar refractivity (Wildman–Crippen MR) is 52.9 cm³/mol. The third kappa shape index (κ3) is 9.21. The van der Waals surface area contributed by atoms with Crippen LogP contribution in [0.15, 0.2) is 17.3 Å². The second kappa shape index (κ2) is 11.9. The first-order valence-electron chi connectivity index (χ1n) is 4.34. The molecule has 1 rings (SSSR count). The van der Waals surface area contributed by atoms with Crippen molar-refractivity contribution in [1.29, 1.82) is 0 Å². The Morgan fingerprint density at radius 3 is 1.91 bits per heavy atom. The summed E-state index contributed by atoms with van der Waals surface area (Å²) >= 11 is 0. The Hall–Kier alpha value is -0.790. The molecule has 0 fully saturated rings. The molecule has 1 heterocycles. The lowest BCUT2D eigenvalue weighted by Gasteiger charge is -2.06. The summed E-state index contributed by atoms with van der Waals surface area (Å²) in [5.74, 6) is 0. The molecule has 66 valence electrons. The van der Waals surface area contributed by atoms with E-state index in [9.17, 15) is 0 Å². The Morgan fingerprint density at radius 2 is 1.73 bits per heavy atom. The van der Waals surface area contributed by atoms with E-state index in [0.29, 0.717) is 0 Å². The topological polar surface area (TPSA) is 24.4 Å². The van der Waals surface area contributed by atoms with Crippen LogP contribution in [0.1, 0.15) is 34.6 Å². The zero-order chi connectivity index (χ0) is 9.11. The van der Waals surface area contributed by atoms with Crippen molar-refractivity contribution in [2.24, 2.45) is 4.99 Å². The van der Waals surface area contributed by atoms with Crippen LogP contribution in [-0.4, -0.2) is 12.4 Å². The Morgan fingerprint density at radius 1 is 1.18 bits per heavy atom. The molecule has 2 heteroatoms. The lowest BCUT2D eigenvalue weighted by molar-refractivity contribution is 0.670. The van der Waals surface area contributed by atoms with E-state index in [4.69, 9.17) is 0 Å². The summed E-state index contributed by atoms with van der Waals surface area (Å²) in [5, 5.41) is 3.00. The standard InChI is InChI=1S/C5H8N2.2C2H6/c1-5-6-3-2-4-7-5;2*1-2/h2-6H,1H3;2*1-2H3. The number of hydrogen-bond acceptors (Lipinski definition) is 2. The highest BCUT2D eigenvalue weighted by molar-refractivity contribution is 5.71. The molecule has 0 bridgehead atoms. The molecule has 0 saturated heterocycles. The first-order valence-corrected chi connectivity index (χ1v) is 4.34. The lowest BCUT2D eigenvalue weighted by Crippen LogP contribution is -2.19. The van der Waals surface area contributed by atoms with Crippen molar-refractivity contribution in [2.75, 3.05) is 0 Å². The molecule has 1 aliphatic rings. The highest BCUT2D eigenvalue weighted by Gasteiger charge is 1.91. The van der Waals surface area contributed by atoms with Crippen LogP contribution in [0.25, 0.3) is 0 Å². The molecule has 0 aromatic heterocycles. The van der Waals surface area contributed by atoms with Gasteiger partial charge in [-0.1, -0.05) is 27.7 Å². The van der Waals surface area contributed by atoms with Crippen molar-refractivity contribution in [3.63, 3.8) is 0 Å². The minimum absolute atomic E-state index is 0.269. The quantitative estimate of drug-likeness (QED) is 0.572. The van der Waals surface area contributed by atoms with Crippen LogP contribution in [0.2, 0.25) is 0 Å². The molecule has 1 N–H and O–H groups in total. The third-order valence-electron chi connectivity index (χ3n) is 0.829. The first-order chi connectivity index (χ1) is 5.39. The zero-order valence-electron chi connectivity index (χ0n) is 8.26. The molecule has 0 spiro atoms. The van der Waals surface area contributed by atoms with Crippen molar-refractivity contribution < 1.29 is 0 Å². The second-order valence-corrected chi connectivity index (χ2v) is 1.50. The van der Waals surface area contributed by atoms with Crippen LogP contribution in [0.5, 0.6) is 0 Å². The molecule has 0 amide bonds. The van der Waals surface area contributed by atoms with Crippen LogP contribution < -0.4 is 5.32 Å². The van der Waals surface area contributed by atoms with Crippen LogP contribution >= 0.6 is 0 Å². The number of aliphatic imine (C=N–C) groups is 1. The van der Waals surface area contributed by atoms with Gasteiger partial charge in [-0.25, -0.2) is 0 Å². The van der Waals surface area contributed by atoms with Gasteiger partial charge in [-0.2, -0.15) is 0 Å². The SMILES string of the molecule is CC.CC.CC1N=CC=CN1. The normalized spacial score (nSPS) is 18.5. The number of allylic oxidation sites excluding steroid dienone is 1. The molecule has 1 unspecified atom stereocenters. The summed E-state index contributed by atoms with van der Waals surface area (Å²) in [5.41, 5.74) is 0. The van der Waals surface area contributed by atoms with E-state index in [1.165, 1.54) is 0 Å². The fourth-order valence-corrected chi connectivity index (χ4v) is 0.460. The Labute approximate surface area is 70.4 Å². The molecule has 1 atom stereocenters. The van der Waals surface area contributed by atoms with Crippen molar-refractivity contribution in [2.45, 2.75) is 40.8 Å². The highest BCUT2D eigenvalue weighted by atomic mass is 15.0. The molecule has 0 aromatic rings. The van der Waals surface area contributed by atoms with Crippen LogP contribution in [0, 0.1) is 0 Å². The largest absolute Gasteiger partial charge is 0.370 e. The predicted octanol–water partition coefficient (Wildman–Crippen LogP) is 2.57. The first kappa shape index (κ1) is 12.8. The van der Waals surface area contributed by atoms with Gasteiger partial charge in [0.15, 0.2) is 0 Å². The van der Waals surface area contributed by atoms with E-state index in [-0.39, 0.29) is 6.17 Å². The van der Waals surface area contributed by atoms with Crippen LogP contribution in [0.3, 0.4) is 0 Å². The zero-order valence-corrected chi connectivity index (χ0v) is 8.26. The molecule has 0 aliphatic carbocycles. The Balaban J connectivity index is 0. The van der Waals surface area contributed by atoms with Gasteiger partial charge in [-0.15, -0.1) is 0 Å². The summed E-state index contributed by atoms with van der Waals surface area (Å²) in [4.78, 5) is 4.01. The lowest BCUT2D eigenvalue weighted by atomic mass is 10.5. The van der Waals surface area contributed by atoms with Gasteiger partial charge in [0.25, 0.3) is 0 Å². The van der Waals surface area contributed by atoms with Gasteiger partial charge in [0, 0.05) is 6.21 Å². The Bertz CT molecular complexity index is 106. The van der Waals surface area contributed by atoms with Gasteiger partial charge in [0.2, 0.25) is 0 Å². The maximum absolute atomic E-state index is 4.01. The molecule has 0 radical (unpaired) electrons. The maximum Gasteiger partial charge on any atom is 0.115 e. The molecule has 2 nitrogen and oxygen atoms in total. The van der Waals surface area contributed by atoms with Crippen LogP contribution in [-0.2, 0) is 0 Å². The van der Waals surface area contributed by atoms with Gasteiger partial charge < -0.3 is 5.32 Å². The number of rotatable bonds is 0. The average molecular weight is 156 g/mol. The van der Waals surface area contributed by atoms with E-state index in [0.717, 1.165) is 0 Å². The van der Waals surface area contributed by atoms with Gasteiger partial charge in [0.05, 0.1) is 0 Å². The van der Waals surface area contributed by atoms with Gasteiger partial charge in [-0.05, 0) is 19.2 Å². The smallest absolute Gasteiger partial charge is 0.115 e. The number of nitrogens with one attached hydrogen (secondary N) is 1. The molecular weight excluding hydrogens is 136 g/mol. The van der Waals surface area contributed by atoms with E-state index in [1.807, 2.05) is 46.9 Å². The molecule has 0 aromatic carbocycles. The third-order valence-corrected chi connectivity index (χ3v) is 0.829. The average Bonchev–Trinajstić information content (AvgIpc) is 2.13. The van der Waals surface area contributed by atoms with Crippen molar-refractivity contribution >= 4 is 6.21 Å². The van der Waals surface area contributed by atoms with Gasteiger partial charge in [-0.3, -0.25) is 4.99 Å². The molecule has 11 heavy (non-hydrogen) atoms. The minimum Gasteiger partial charge on any atom is -0.370 e. The van der Waals surface area contributed by atoms with Crippen LogP contribution in [0.4, 0.5) is 0 Å². The second-order valence-electron chi connectivity index (χ2n) is 1.50. The summed E-state index contributed by atoms with van der Waals surface area (Å²) in [6.07, 6.45) is 5.82. The molecule has 0 saturated carbocycles. The maximum atomic E-state index is 4.01. The van der Waals surface area contributed by atoms with Crippen molar-refractivity contribution in [1.82, 2.24) is 5.32 Å². The fourth-order valence-electron chi connectivity index (χ4n) is 0.460. The minimum atomic E-state index is 0.269. The summed E-state index contributed by atoms with van der Waals surface area (Å²) in [7, 11) is 0. The summed E-state index contributed by atoms with van der Waals surface area (Å²) in [6, 6.07) is 0. The van der Waals surface area contributed by atoms with E-state index < -0.39 is 0 Å². The molecule has 1 aliphatic heterocycles. The highest BCUT2D eigenvalue weighted by Crippen LogP contribution is 1.85. The monoisotopic (exact) mass is 156 g/mol. The van der Waals surface area contributed by atoms with E-state index >= 15 is 0 Å². The van der Waals surface area contributed by atoms with E-state index in [1.54, 1.807) is 6.21 Å².